The predicted molar refractivity (Wildman–Crippen MR) is 152 cm³/mol. The monoisotopic (exact) mass is 571 g/mol. The molecule has 6 nitrogen and oxygen atoms in total. The Morgan fingerprint density at radius 3 is 2.26 bits per heavy atom. The number of hydrogen-bond donors (Lipinski definition) is 0. The highest BCUT2D eigenvalue weighted by Gasteiger charge is 2.41. The molecule has 3 aromatic rings. The molecule has 0 aliphatic carbocycles. The molecule has 1 amide bonds. The molecule has 200 valence electrons. The molecule has 2 fully saturated rings. The van der Waals surface area contributed by atoms with E-state index < -0.39 is 15.9 Å². The second-order valence-electron chi connectivity index (χ2n) is 9.98. The van der Waals surface area contributed by atoms with Crippen molar-refractivity contribution in [1.82, 2.24) is 9.21 Å². The number of amides is 1. The third-order valence-electron chi connectivity index (χ3n) is 7.66. The first kappa shape index (κ1) is 27.0. The van der Waals surface area contributed by atoms with E-state index in [1.54, 1.807) is 18.2 Å². The average molecular weight is 573 g/mol. The number of piperidine rings is 1. The zero-order valence-electron chi connectivity index (χ0n) is 21.3. The van der Waals surface area contributed by atoms with Crippen LogP contribution in [-0.4, -0.2) is 62.8 Å². The summed E-state index contributed by atoms with van der Waals surface area (Å²) in [7, 11) is -3.78. The van der Waals surface area contributed by atoms with Gasteiger partial charge in [0.2, 0.25) is 15.9 Å². The number of hydrogen-bond acceptors (Lipinski definition) is 4. The van der Waals surface area contributed by atoms with E-state index in [0.717, 1.165) is 16.8 Å². The molecule has 0 unspecified atom stereocenters. The predicted octanol–water partition coefficient (Wildman–Crippen LogP) is 5.45. The van der Waals surface area contributed by atoms with Crippen LogP contribution < -0.4 is 4.90 Å². The molecule has 2 heterocycles. The second-order valence-corrected chi connectivity index (χ2v) is 12.8. The molecule has 0 N–H and O–H groups in total. The smallest absolute Gasteiger partial charge is 0.243 e. The van der Waals surface area contributed by atoms with Crippen molar-refractivity contribution in [2.75, 3.05) is 44.2 Å². The first-order valence-corrected chi connectivity index (χ1v) is 15.0. The molecular weight excluding hydrogens is 541 g/mol. The summed E-state index contributed by atoms with van der Waals surface area (Å²) in [4.78, 5) is 18.3. The summed E-state index contributed by atoms with van der Waals surface area (Å²) < 4.78 is 28.5. The molecule has 0 saturated carbocycles. The topological polar surface area (TPSA) is 60.9 Å². The lowest BCUT2D eigenvalue weighted by Crippen LogP contribution is -2.54. The van der Waals surface area contributed by atoms with Gasteiger partial charge in [-0.2, -0.15) is 4.31 Å². The van der Waals surface area contributed by atoms with E-state index in [9.17, 15) is 13.2 Å². The van der Waals surface area contributed by atoms with Gasteiger partial charge in [0.15, 0.2) is 0 Å². The zero-order chi connectivity index (χ0) is 26.9. The van der Waals surface area contributed by atoms with Gasteiger partial charge in [-0.1, -0.05) is 65.7 Å². The second kappa shape index (κ2) is 11.3. The van der Waals surface area contributed by atoms with Gasteiger partial charge in [0.1, 0.15) is 0 Å². The molecule has 0 bridgehead atoms. The van der Waals surface area contributed by atoms with Gasteiger partial charge < -0.3 is 9.80 Å². The summed E-state index contributed by atoms with van der Waals surface area (Å²) >= 11 is 12.3. The standard InChI is InChI=1S/C29H31Cl2N3O3S/c1-21-10-11-24(31)19-28(21)32-14-16-33(17-15-32)29(35)27-20-34(13-12-26(27)22-6-3-2-4-7-22)38(36,37)25-9-5-8-23(30)18-25/h2-11,18-19,26-27H,12-17,20H2,1H3/t26-,27-/m1/s1. The van der Waals surface area contributed by atoms with Crippen LogP contribution in [0.15, 0.2) is 77.7 Å². The molecular formula is C29H31Cl2N3O3S. The fourth-order valence-electron chi connectivity index (χ4n) is 5.59. The van der Waals surface area contributed by atoms with Gasteiger partial charge in [-0.3, -0.25) is 4.79 Å². The zero-order valence-corrected chi connectivity index (χ0v) is 23.6. The minimum atomic E-state index is -3.78. The van der Waals surface area contributed by atoms with Gasteiger partial charge in [-0.25, -0.2) is 8.42 Å². The largest absolute Gasteiger partial charge is 0.368 e. The van der Waals surface area contributed by atoms with E-state index in [0.29, 0.717) is 49.2 Å². The number of rotatable bonds is 5. The first-order valence-electron chi connectivity index (χ1n) is 12.8. The number of sulfonamides is 1. The highest BCUT2D eigenvalue weighted by atomic mass is 35.5. The van der Waals surface area contributed by atoms with Crippen molar-refractivity contribution < 1.29 is 13.2 Å². The van der Waals surface area contributed by atoms with Gasteiger partial charge in [-0.05, 0) is 60.7 Å². The van der Waals surface area contributed by atoms with Gasteiger partial charge in [0.05, 0.1) is 10.8 Å². The van der Waals surface area contributed by atoms with Crippen LogP contribution >= 0.6 is 23.2 Å². The first-order chi connectivity index (χ1) is 18.2. The lowest BCUT2D eigenvalue weighted by Gasteiger charge is -2.42. The molecule has 2 aliphatic heterocycles. The van der Waals surface area contributed by atoms with Crippen molar-refractivity contribution >= 4 is 44.8 Å². The van der Waals surface area contributed by atoms with Crippen molar-refractivity contribution in [3.8, 4) is 0 Å². The molecule has 2 aliphatic rings. The minimum absolute atomic E-state index is 0.00677. The Morgan fingerprint density at radius 2 is 1.55 bits per heavy atom. The Balaban J connectivity index is 1.37. The van der Waals surface area contributed by atoms with Gasteiger partial charge in [0.25, 0.3) is 0 Å². The van der Waals surface area contributed by atoms with Crippen molar-refractivity contribution in [3.63, 3.8) is 0 Å². The summed E-state index contributed by atoms with van der Waals surface area (Å²) in [5, 5.41) is 1.06. The maximum Gasteiger partial charge on any atom is 0.243 e. The number of benzene rings is 3. The number of aryl methyl sites for hydroxylation is 1. The molecule has 0 radical (unpaired) electrons. The summed E-state index contributed by atoms with van der Waals surface area (Å²) in [5.41, 5.74) is 3.30. The number of halogens is 2. The van der Waals surface area contributed by atoms with Gasteiger partial charge in [0, 0.05) is 55.0 Å². The third-order valence-corrected chi connectivity index (χ3v) is 9.99. The highest BCUT2D eigenvalue weighted by molar-refractivity contribution is 7.89. The Bertz CT molecular complexity index is 1410. The van der Waals surface area contributed by atoms with Crippen LogP contribution in [0.4, 0.5) is 5.69 Å². The number of carbonyl (C=O) groups is 1. The maximum atomic E-state index is 14.0. The molecule has 0 spiro atoms. The van der Waals surface area contributed by atoms with Crippen molar-refractivity contribution in [2.45, 2.75) is 24.2 Å². The maximum absolute atomic E-state index is 14.0. The van der Waals surface area contributed by atoms with Crippen LogP contribution in [0.3, 0.4) is 0 Å². The quantitative estimate of drug-likeness (QED) is 0.409. The van der Waals surface area contributed by atoms with Crippen LogP contribution in [0.2, 0.25) is 10.0 Å². The van der Waals surface area contributed by atoms with E-state index >= 15 is 0 Å². The van der Waals surface area contributed by atoms with E-state index in [1.807, 2.05) is 53.4 Å². The fourth-order valence-corrected chi connectivity index (χ4v) is 7.54. The number of nitrogens with zero attached hydrogens (tertiary/aromatic N) is 3. The SMILES string of the molecule is Cc1ccc(Cl)cc1N1CCN(C(=O)[C@@H]2CN(S(=O)(=O)c3cccc(Cl)c3)CC[C@@H]2c2ccccc2)CC1. The lowest BCUT2D eigenvalue weighted by atomic mass is 9.80. The number of piperazine rings is 1. The number of carbonyl (C=O) groups excluding carboxylic acids is 1. The van der Waals surface area contributed by atoms with Crippen molar-refractivity contribution in [1.29, 1.82) is 0 Å². The van der Waals surface area contributed by atoms with E-state index in [-0.39, 0.29) is 23.3 Å². The summed E-state index contributed by atoms with van der Waals surface area (Å²) in [5.74, 6) is -0.519. The van der Waals surface area contributed by atoms with Crippen LogP contribution in [0.1, 0.15) is 23.5 Å². The van der Waals surface area contributed by atoms with E-state index in [2.05, 4.69) is 11.8 Å². The molecule has 38 heavy (non-hydrogen) atoms. The average Bonchev–Trinajstić information content (AvgIpc) is 2.94. The number of anilines is 1. The van der Waals surface area contributed by atoms with E-state index in [4.69, 9.17) is 23.2 Å². The molecule has 9 heteroatoms. The van der Waals surface area contributed by atoms with Crippen LogP contribution in [0.5, 0.6) is 0 Å². The van der Waals surface area contributed by atoms with Crippen molar-refractivity contribution in [2.24, 2.45) is 5.92 Å². The van der Waals surface area contributed by atoms with Gasteiger partial charge in [-0.15, -0.1) is 0 Å². The van der Waals surface area contributed by atoms with Crippen LogP contribution in [-0.2, 0) is 14.8 Å². The third kappa shape index (κ3) is 5.57. The Kier molecular flexibility index (Phi) is 8.00. The Labute approximate surface area is 234 Å². The molecule has 5 rings (SSSR count). The van der Waals surface area contributed by atoms with E-state index in [1.165, 1.54) is 10.4 Å². The molecule has 3 aromatic carbocycles. The Morgan fingerprint density at radius 1 is 0.842 bits per heavy atom. The normalized spacial score (nSPS) is 20.9. The fraction of sp³-hybridized carbons (Fsp3) is 0.345. The summed E-state index contributed by atoms with van der Waals surface area (Å²) in [6, 6.07) is 22.1. The lowest BCUT2D eigenvalue weighted by molar-refractivity contribution is -0.137. The summed E-state index contributed by atoms with van der Waals surface area (Å²) in [6.45, 7) is 5.08. The summed E-state index contributed by atoms with van der Waals surface area (Å²) in [6.07, 6.45) is 0.571. The van der Waals surface area contributed by atoms with Gasteiger partial charge >= 0.3 is 0 Å². The van der Waals surface area contributed by atoms with Crippen molar-refractivity contribution in [3.05, 3.63) is 94.0 Å². The minimum Gasteiger partial charge on any atom is -0.368 e. The highest BCUT2D eigenvalue weighted by Crippen LogP contribution is 2.37. The molecule has 0 aromatic heterocycles. The van der Waals surface area contributed by atoms with Crippen LogP contribution in [0.25, 0.3) is 0 Å². The molecule has 2 saturated heterocycles. The van der Waals surface area contributed by atoms with Crippen LogP contribution in [0, 0.1) is 12.8 Å². The molecule has 2 atom stereocenters. The Hall–Kier alpha value is -2.58.